The van der Waals surface area contributed by atoms with E-state index in [0.29, 0.717) is 12.2 Å². The molecule has 0 aliphatic heterocycles. The van der Waals surface area contributed by atoms with Crippen LogP contribution in [0.5, 0.6) is 0 Å². The molecule has 1 heterocycles. The summed E-state index contributed by atoms with van der Waals surface area (Å²) < 4.78 is 1.32. The van der Waals surface area contributed by atoms with Gasteiger partial charge in [-0.1, -0.05) is 29.8 Å². The van der Waals surface area contributed by atoms with Crippen molar-refractivity contribution in [1.29, 1.82) is 0 Å². The molecule has 0 bridgehead atoms. The number of carbonyl (C=O) groups is 1. The molecule has 1 amide bonds. The number of amides is 1. The summed E-state index contributed by atoms with van der Waals surface area (Å²) in [7, 11) is 1.72. The topological polar surface area (TPSA) is 68.3 Å². The zero-order valence-electron chi connectivity index (χ0n) is 12.2. The predicted molar refractivity (Wildman–Crippen MR) is 82.8 cm³/mol. The lowest BCUT2D eigenvalue weighted by molar-refractivity contribution is -0.131. The Balaban J connectivity index is 2.04. The molecule has 2 aromatic rings. The van der Waals surface area contributed by atoms with Crippen molar-refractivity contribution >= 4 is 11.6 Å². The number of likely N-dealkylation sites (N-methyl/N-ethyl adjacent to an activating group) is 1. The van der Waals surface area contributed by atoms with Gasteiger partial charge in [-0.2, -0.15) is 0 Å². The number of pyridine rings is 1. The third kappa shape index (κ3) is 3.95. The molecule has 0 spiro atoms. The highest BCUT2D eigenvalue weighted by molar-refractivity contribution is 5.75. The van der Waals surface area contributed by atoms with Crippen LogP contribution in [-0.4, -0.2) is 22.4 Å². The van der Waals surface area contributed by atoms with Crippen LogP contribution in [0.25, 0.3) is 0 Å². The van der Waals surface area contributed by atoms with E-state index in [2.05, 4.69) is 0 Å². The monoisotopic (exact) mass is 285 g/mol. The summed E-state index contributed by atoms with van der Waals surface area (Å²) in [6.07, 6.45) is 1.49. The normalized spacial score (nSPS) is 10.4. The minimum atomic E-state index is -0.235. The number of nitrogens with zero attached hydrogens (tertiary/aromatic N) is 2. The SMILES string of the molecule is Cc1ccc(CN(C)C(=O)Cn2cc(N)ccc2=O)cc1. The number of aryl methyl sites for hydroxylation is 1. The number of carbonyl (C=O) groups excluding carboxylic acids is 1. The third-order valence-corrected chi connectivity index (χ3v) is 3.28. The van der Waals surface area contributed by atoms with Crippen LogP contribution < -0.4 is 11.3 Å². The molecule has 110 valence electrons. The van der Waals surface area contributed by atoms with Crippen LogP contribution in [0.1, 0.15) is 11.1 Å². The summed E-state index contributed by atoms with van der Waals surface area (Å²) in [4.78, 5) is 25.4. The number of aromatic nitrogens is 1. The van der Waals surface area contributed by atoms with E-state index in [1.165, 1.54) is 28.5 Å². The van der Waals surface area contributed by atoms with Crippen molar-refractivity contribution < 1.29 is 4.79 Å². The Hall–Kier alpha value is -2.56. The number of hydrogen-bond acceptors (Lipinski definition) is 3. The molecule has 0 aliphatic rings. The van der Waals surface area contributed by atoms with Crippen molar-refractivity contribution in [2.45, 2.75) is 20.0 Å². The first-order valence-corrected chi connectivity index (χ1v) is 6.71. The van der Waals surface area contributed by atoms with E-state index < -0.39 is 0 Å². The summed E-state index contributed by atoms with van der Waals surface area (Å²) in [5.74, 6) is -0.136. The van der Waals surface area contributed by atoms with Gasteiger partial charge in [0.15, 0.2) is 0 Å². The van der Waals surface area contributed by atoms with E-state index >= 15 is 0 Å². The van der Waals surface area contributed by atoms with Gasteiger partial charge in [0.1, 0.15) is 6.54 Å². The molecule has 1 aromatic heterocycles. The Labute approximate surface area is 123 Å². The molecular weight excluding hydrogens is 266 g/mol. The molecule has 0 saturated carbocycles. The lowest BCUT2D eigenvalue weighted by atomic mass is 10.1. The lowest BCUT2D eigenvalue weighted by Gasteiger charge is -2.18. The number of nitrogens with two attached hydrogens (primary N) is 1. The number of benzene rings is 1. The second-order valence-corrected chi connectivity index (χ2v) is 5.16. The predicted octanol–water partition coefficient (Wildman–Crippen LogP) is 1.40. The Morgan fingerprint density at radius 3 is 2.52 bits per heavy atom. The van der Waals surface area contributed by atoms with Crippen molar-refractivity contribution in [2.24, 2.45) is 0 Å². The Morgan fingerprint density at radius 2 is 1.86 bits per heavy atom. The smallest absolute Gasteiger partial charge is 0.251 e. The van der Waals surface area contributed by atoms with Crippen LogP contribution in [-0.2, 0) is 17.9 Å². The molecule has 1 aromatic carbocycles. The van der Waals surface area contributed by atoms with Gasteiger partial charge in [0, 0.05) is 31.5 Å². The van der Waals surface area contributed by atoms with Gasteiger partial charge in [0.2, 0.25) is 5.91 Å². The minimum Gasteiger partial charge on any atom is -0.398 e. The van der Waals surface area contributed by atoms with Crippen molar-refractivity contribution in [3.63, 3.8) is 0 Å². The van der Waals surface area contributed by atoms with Crippen molar-refractivity contribution in [1.82, 2.24) is 9.47 Å². The molecule has 0 radical (unpaired) electrons. The summed E-state index contributed by atoms with van der Waals surface area (Å²) in [5, 5.41) is 0. The van der Waals surface area contributed by atoms with Gasteiger partial charge in [-0.15, -0.1) is 0 Å². The van der Waals surface area contributed by atoms with Gasteiger partial charge in [-0.25, -0.2) is 0 Å². The number of nitrogen functional groups attached to an aromatic ring is 1. The lowest BCUT2D eigenvalue weighted by Crippen LogP contribution is -2.33. The van der Waals surface area contributed by atoms with E-state index in [4.69, 9.17) is 5.73 Å². The fraction of sp³-hybridized carbons (Fsp3) is 0.250. The highest BCUT2D eigenvalue weighted by atomic mass is 16.2. The fourth-order valence-electron chi connectivity index (χ4n) is 2.00. The summed E-state index contributed by atoms with van der Waals surface area (Å²) in [6.45, 7) is 2.52. The van der Waals surface area contributed by atoms with Crippen LogP contribution in [0, 0.1) is 6.92 Å². The minimum absolute atomic E-state index is 0.00770. The average molecular weight is 285 g/mol. The van der Waals surface area contributed by atoms with Crippen molar-refractivity contribution in [3.05, 3.63) is 64.1 Å². The average Bonchev–Trinajstić information content (AvgIpc) is 2.45. The van der Waals surface area contributed by atoms with Gasteiger partial charge in [-0.3, -0.25) is 9.59 Å². The Kier molecular flexibility index (Phi) is 4.42. The van der Waals surface area contributed by atoms with E-state index in [0.717, 1.165) is 5.56 Å². The van der Waals surface area contributed by atoms with Crippen LogP contribution in [0.4, 0.5) is 5.69 Å². The van der Waals surface area contributed by atoms with Crippen LogP contribution >= 0.6 is 0 Å². The zero-order chi connectivity index (χ0) is 15.4. The van der Waals surface area contributed by atoms with Gasteiger partial charge in [0.05, 0.1) is 0 Å². The van der Waals surface area contributed by atoms with Crippen LogP contribution in [0.15, 0.2) is 47.4 Å². The van der Waals surface area contributed by atoms with E-state index in [1.807, 2.05) is 31.2 Å². The van der Waals surface area contributed by atoms with E-state index in [1.54, 1.807) is 11.9 Å². The maximum absolute atomic E-state index is 12.2. The molecule has 0 fully saturated rings. The highest BCUT2D eigenvalue weighted by Gasteiger charge is 2.11. The van der Waals surface area contributed by atoms with Crippen molar-refractivity contribution in [2.75, 3.05) is 12.8 Å². The summed E-state index contributed by atoms with van der Waals surface area (Å²) in [5.41, 5.74) is 8.09. The first-order valence-electron chi connectivity index (χ1n) is 6.71. The van der Waals surface area contributed by atoms with Gasteiger partial charge in [0.25, 0.3) is 5.56 Å². The largest absolute Gasteiger partial charge is 0.398 e. The molecular formula is C16H19N3O2. The van der Waals surface area contributed by atoms with E-state index in [-0.39, 0.29) is 18.0 Å². The second kappa shape index (κ2) is 6.26. The summed E-state index contributed by atoms with van der Waals surface area (Å²) in [6, 6.07) is 10.9. The van der Waals surface area contributed by atoms with Crippen LogP contribution in [0.3, 0.4) is 0 Å². The number of hydrogen-bond donors (Lipinski definition) is 1. The molecule has 2 N–H and O–H groups in total. The van der Waals surface area contributed by atoms with Gasteiger partial charge in [-0.05, 0) is 18.6 Å². The quantitative estimate of drug-likeness (QED) is 0.923. The molecule has 21 heavy (non-hydrogen) atoms. The zero-order valence-corrected chi connectivity index (χ0v) is 12.2. The fourth-order valence-corrected chi connectivity index (χ4v) is 2.00. The third-order valence-electron chi connectivity index (χ3n) is 3.28. The maximum Gasteiger partial charge on any atom is 0.251 e. The summed E-state index contributed by atoms with van der Waals surface area (Å²) >= 11 is 0. The molecule has 0 aliphatic carbocycles. The molecule has 0 saturated heterocycles. The van der Waals surface area contributed by atoms with Crippen LogP contribution in [0.2, 0.25) is 0 Å². The first-order chi connectivity index (χ1) is 9.95. The molecule has 5 heteroatoms. The van der Waals surface area contributed by atoms with Crippen molar-refractivity contribution in [3.8, 4) is 0 Å². The Bertz CT molecular complexity index is 689. The first kappa shape index (κ1) is 14.8. The van der Waals surface area contributed by atoms with Gasteiger partial charge < -0.3 is 15.2 Å². The number of anilines is 1. The number of rotatable bonds is 4. The second-order valence-electron chi connectivity index (χ2n) is 5.16. The van der Waals surface area contributed by atoms with E-state index in [9.17, 15) is 9.59 Å². The molecule has 5 nitrogen and oxygen atoms in total. The molecule has 0 atom stereocenters. The van der Waals surface area contributed by atoms with Gasteiger partial charge >= 0.3 is 0 Å². The highest BCUT2D eigenvalue weighted by Crippen LogP contribution is 2.06. The standard InChI is InChI=1S/C16H19N3O2/c1-12-3-5-13(6-4-12)9-18(2)16(21)11-19-10-14(17)7-8-15(19)20/h3-8,10H,9,11,17H2,1-2H3. The molecule has 2 rings (SSSR count). The molecule has 0 unspecified atom stereocenters. The Morgan fingerprint density at radius 1 is 1.19 bits per heavy atom. The maximum atomic E-state index is 12.2.